The van der Waals surface area contributed by atoms with Crippen LogP contribution in [0.15, 0.2) is 12.1 Å². The van der Waals surface area contributed by atoms with Gasteiger partial charge in [-0.1, -0.05) is 0 Å². The monoisotopic (exact) mass is 317 g/mol. The van der Waals surface area contributed by atoms with E-state index in [9.17, 15) is 9.90 Å². The van der Waals surface area contributed by atoms with Crippen LogP contribution in [0.25, 0.3) is 0 Å². The van der Waals surface area contributed by atoms with Crippen molar-refractivity contribution < 1.29 is 24.9 Å². The molecule has 120 valence electrons. The molecule has 1 aromatic heterocycles. The van der Waals surface area contributed by atoms with Crippen molar-refractivity contribution in [2.24, 2.45) is 0 Å². The fraction of sp³-hybridized carbons (Fsp3) is 0.643. The number of hydrogen-bond donors (Lipinski definition) is 3. The van der Waals surface area contributed by atoms with Crippen LogP contribution in [0.1, 0.15) is 34.0 Å². The van der Waals surface area contributed by atoms with Crippen LogP contribution >= 0.6 is 11.3 Å². The molecule has 7 heteroatoms. The number of aliphatic hydroxyl groups is 3. The summed E-state index contributed by atoms with van der Waals surface area (Å²) in [6, 6.07) is 3.38. The van der Waals surface area contributed by atoms with Gasteiger partial charge < -0.3 is 20.1 Å². The van der Waals surface area contributed by atoms with E-state index in [1.807, 2.05) is 4.90 Å². The fourth-order valence-electron chi connectivity index (χ4n) is 1.91. The van der Waals surface area contributed by atoms with E-state index in [1.54, 1.807) is 19.1 Å². The van der Waals surface area contributed by atoms with Crippen LogP contribution in [-0.4, -0.2) is 65.6 Å². The standard InChI is InChI=1S/C14H23NO5S/c1-2-20-14(19)13-4-3-12(21-13)11(18)5-6-15(7-9-16)8-10-17/h3-4,11,16-18H,2,5-10H2,1H3. The van der Waals surface area contributed by atoms with Gasteiger partial charge in [0.15, 0.2) is 0 Å². The Hall–Kier alpha value is -0.990. The number of ether oxygens (including phenoxy) is 1. The molecule has 6 nitrogen and oxygen atoms in total. The van der Waals surface area contributed by atoms with Gasteiger partial charge in [-0.2, -0.15) is 0 Å². The Morgan fingerprint density at radius 2 is 1.95 bits per heavy atom. The molecule has 1 atom stereocenters. The Morgan fingerprint density at radius 1 is 1.29 bits per heavy atom. The van der Waals surface area contributed by atoms with Crippen LogP contribution in [0.3, 0.4) is 0 Å². The predicted molar refractivity (Wildman–Crippen MR) is 80.5 cm³/mol. The first-order chi connectivity index (χ1) is 10.1. The average Bonchev–Trinajstić information content (AvgIpc) is 2.95. The highest BCUT2D eigenvalue weighted by Crippen LogP contribution is 2.26. The third-order valence-electron chi connectivity index (χ3n) is 2.98. The summed E-state index contributed by atoms with van der Waals surface area (Å²) in [5.74, 6) is -0.372. The summed E-state index contributed by atoms with van der Waals surface area (Å²) in [7, 11) is 0. The summed E-state index contributed by atoms with van der Waals surface area (Å²) in [6.45, 7) is 3.60. The molecular weight excluding hydrogens is 294 g/mol. The van der Waals surface area contributed by atoms with Crippen molar-refractivity contribution in [2.45, 2.75) is 19.4 Å². The normalized spacial score (nSPS) is 12.6. The van der Waals surface area contributed by atoms with Crippen molar-refractivity contribution in [3.63, 3.8) is 0 Å². The molecule has 1 rings (SSSR count). The second kappa shape index (κ2) is 9.86. The fourth-order valence-corrected chi connectivity index (χ4v) is 2.83. The van der Waals surface area contributed by atoms with Gasteiger partial charge in [0, 0.05) is 24.5 Å². The molecule has 0 aromatic carbocycles. The van der Waals surface area contributed by atoms with Crippen LogP contribution in [0.2, 0.25) is 0 Å². The first-order valence-corrected chi connectivity index (χ1v) is 7.83. The Bertz CT molecular complexity index is 417. The Morgan fingerprint density at radius 3 is 2.52 bits per heavy atom. The molecule has 0 aliphatic heterocycles. The van der Waals surface area contributed by atoms with E-state index >= 15 is 0 Å². The smallest absolute Gasteiger partial charge is 0.348 e. The summed E-state index contributed by atoms with van der Waals surface area (Å²) >= 11 is 1.23. The Balaban J connectivity index is 2.51. The van der Waals surface area contributed by atoms with Crippen molar-refractivity contribution in [3.05, 3.63) is 21.9 Å². The lowest BCUT2D eigenvalue weighted by Gasteiger charge is -2.21. The Kier molecular flexibility index (Phi) is 8.48. The highest BCUT2D eigenvalue weighted by molar-refractivity contribution is 7.14. The number of esters is 1. The highest BCUT2D eigenvalue weighted by atomic mass is 32.1. The minimum absolute atomic E-state index is 0.0160. The maximum absolute atomic E-state index is 11.6. The van der Waals surface area contributed by atoms with Crippen molar-refractivity contribution in [1.82, 2.24) is 4.90 Å². The van der Waals surface area contributed by atoms with Crippen LogP contribution in [0.4, 0.5) is 0 Å². The quantitative estimate of drug-likeness (QED) is 0.549. The largest absolute Gasteiger partial charge is 0.462 e. The topological polar surface area (TPSA) is 90.2 Å². The molecule has 0 amide bonds. The molecule has 0 spiro atoms. The molecular formula is C14H23NO5S. The average molecular weight is 317 g/mol. The zero-order valence-corrected chi connectivity index (χ0v) is 13.0. The number of rotatable bonds is 10. The third kappa shape index (κ3) is 6.11. The molecule has 1 unspecified atom stereocenters. The second-order valence-corrected chi connectivity index (χ2v) is 5.63. The van der Waals surface area contributed by atoms with E-state index in [2.05, 4.69) is 0 Å². The van der Waals surface area contributed by atoms with Gasteiger partial charge in [-0.05, 0) is 25.5 Å². The third-order valence-corrected chi connectivity index (χ3v) is 4.15. The van der Waals surface area contributed by atoms with E-state index < -0.39 is 6.10 Å². The molecule has 21 heavy (non-hydrogen) atoms. The lowest BCUT2D eigenvalue weighted by Crippen LogP contribution is -2.31. The van der Waals surface area contributed by atoms with E-state index in [4.69, 9.17) is 14.9 Å². The van der Waals surface area contributed by atoms with Gasteiger partial charge in [-0.3, -0.25) is 4.90 Å². The molecule has 0 radical (unpaired) electrons. The highest BCUT2D eigenvalue weighted by Gasteiger charge is 2.16. The van der Waals surface area contributed by atoms with Gasteiger partial charge in [0.25, 0.3) is 0 Å². The molecule has 0 saturated carbocycles. The second-order valence-electron chi connectivity index (χ2n) is 4.52. The number of carbonyl (C=O) groups is 1. The van der Waals surface area contributed by atoms with Gasteiger partial charge in [0.2, 0.25) is 0 Å². The zero-order chi connectivity index (χ0) is 15.7. The lowest BCUT2D eigenvalue weighted by atomic mass is 10.2. The van der Waals surface area contributed by atoms with Gasteiger partial charge in [0.05, 0.1) is 25.9 Å². The maximum atomic E-state index is 11.6. The summed E-state index contributed by atoms with van der Waals surface area (Å²) in [5.41, 5.74) is 0. The number of nitrogens with zero attached hydrogens (tertiary/aromatic N) is 1. The van der Waals surface area contributed by atoms with E-state index in [1.165, 1.54) is 11.3 Å². The summed E-state index contributed by atoms with van der Waals surface area (Å²) in [5, 5.41) is 28.0. The molecule has 3 N–H and O–H groups in total. The van der Waals surface area contributed by atoms with Gasteiger partial charge in [-0.25, -0.2) is 4.79 Å². The van der Waals surface area contributed by atoms with Crippen LogP contribution in [0.5, 0.6) is 0 Å². The van der Waals surface area contributed by atoms with Gasteiger partial charge >= 0.3 is 5.97 Å². The Labute approximate surface area is 128 Å². The van der Waals surface area contributed by atoms with E-state index in [0.29, 0.717) is 42.4 Å². The van der Waals surface area contributed by atoms with Gasteiger partial charge in [-0.15, -0.1) is 11.3 Å². The first kappa shape index (κ1) is 18.1. The molecule has 0 fully saturated rings. The van der Waals surface area contributed by atoms with E-state index in [0.717, 1.165) is 0 Å². The minimum Gasteiger partial charge on any atom is -0.462 e. The maximum Gasteiger partial charge on any atom is 0.348 e. The predicted octanol–water partition coefficient (Wildman–Crippen LogP) is 0.635. The van der Waals surface area contributed by atoms with Crippen LogP contribution in [0, 0.1) is 0 Å². The van der Waals surface area contributed by atoms with Gasteiger partial charge in [0.1, 0.15) is 4.88 Å². The molecule has 1 aromatic rings. The van der Waals surface area contributed by atoms with Crippen molar-refractivity contribution in [3.8, 4) is 0 Å². The number of carbonyl (C=O) groups excluding carboxylic acids is 1. The summed E-state index contributed by atoms with van der Waals surface area (Å²) < 4.78 is 4.91. The zero-order valence-electron chi connectivity index (χ0n) is 12.2. The first-order valence-electron chi connectivity index (χ1n) is 7.01. The van der Waals surface area contributed by atoms with Crippen molar-refractivity contribution >= 4 is 17.3 Å². The lowest BCUT2D eigenvalue weighted by molar-refractivity contribution is 0.0532. The summed E-state index contributed by atoms with van der Waals surface area (Å²) in [4.78, 5) is 14.6. The van der Waals surface area contributed by atoms with Crippen molar-refractivity contribution in [1.29, 1.82) is 0 Å². The molecule has 0 aliphatic carbocycles. The molecule has 0 saturated heterocycles. The molecule has 1 heterocycles. The minimum atomic E-state index is -0.668. The SMILES string of the molecule is CCOC(=O)c1ccc(C(O)CCN(CCO)CCO)s1. The van der Waals surface area contributed by atoms with Crippen LogP contribution < -0.4 is 0 Å². The number of hydrogen-bond acceptors (Lipinski definition) is 7. The summed E-state index contributed by atoms with van der Waals surface area (Å²) in [6.07, 6.45) is -0.193. The van der Waals surface area contributed by atoms with Crippen LogP contribution in [-0.2, 0) is 4.74 Å². The molecule has 0 bridgehead atoms. The van der Waals surface area contributed by atoms with Crippen molar-refractivity contribution in [2.75, 3.05) is 39.5 Å². The molecule has 0 aliphatic rings. The number of aliphatic hydroxyl groups excluding tert-OH is 3. The van der Waals surface area contributed by atoms with E-state index in [-0.39, 0.29) is 19.2 Å². The number of thiophene rings is 1.